The molecule has 0 unspecified atom stereocenters. The van der Waals surface area contributed by atoms with E-state index in [1.807, 2.05) is 0 Å². The average Bonchev–Trinajstić information content (AvgIpc) is 2.87. The quantitative estimate of drug-likeness (QED) is 0.765. The summed E-state index contributed by atoms with van der Waals surface area (Å²) in [5.41, 5.74) is 2.62. The first-order valence-corrected chi connectivity index (χ1v) is 8.12. The molecule has 1 saturated carbocycles. The Balaban J connectivity index is 1.71. The molecule has 3 nitrogen and oxygen atoms in total. The largest absolute Gasteiger partial charge is 0.314 e. The van der Waals surface area contributed by atoms with Gasteiger partial charge in [0.05, 0.1) is 5.69 Å². The third-order valence-corrected chi connectivity index (χ3v) is 4.22. The van der Waals surface area contributed by atoms with Crippen molar-refractivity contribution in [3.05, 3.63) is 17.5 Å². The molecule has 1 aliphatic rings. The number of nitrogens with zero attached hydrogens (tertiary/aromatic N) is 2. The maximum absolute atomic E-state index is 4.67. The molecule has 1 aliphatic carbocycles. The van der Waals surface area contributed by atoms with Gasteiger partial charge in [0.25, 0.3) is 0 Å². The average molecular weight is 263 g/mol. The first-order valence-electron chi connectivity index (χ1n) is 8.12. The molecule has 0 atom stereocenters. The van der Waals surface area contributed by atoms with Crippen molar-refractivity contribution in [3.8, 4) is 0 Å². The summed E-state index contributed by atoms with van der Waals surface area (Å²) in [6, 6.07) is 3.04. The topological polar surface area (TPSA) is 29.9 Å². The molecule has 2 rings (SSSR count). The van der Waals surface area contributed by atoms with Crippen LogP contribution in [0.3, 0.4) is 0 Å². The molecule has 1 aromatic heterocycles. The van der Waals surface area contributed by atoms with Crippen LogP contribution in [0.4, 0.5) is 0 Å². The second-order valence-electron chi connectivity index (χ2n) is 5.70. The van der Waals surface area contributed by atoms with E-state index >= 15 is 0 Å². The van der Waals surface area contributed by atoms with Gasteiger partial charge in [-0.25, -0.2) is 0 Å². The van der Waals surface area contributed by atoms with Crippen molar-refractivity contribution in [1.29, 1.82) is 0 Å². The summed E-state index contributed by atoms with van der Waals surface area (Å²) >= 11 is 0. The predicted molar refractivity (Wildman–Crippen MR) is 80.5 cm³/mol. The molecule has 108 valence electrons. The lowest BCUT2D eigenvalue weighted by Crippen LogP contribution is -2.32. The highest BCUT2D eigenvalue weighted by Crippen LogP contribution is 2.17. The van der Waals surface area contributed by atoms with Gasteiger partial charge in [-0.05, 0) is 44.7 Å². The van der Waals surface area contributed by atoms with Crippen molar-refractivity contribution < 1.29 is 0 Å². The Bertz CT molecular complexity index is 364. The fourth-order valence-electron chi connectivity index (χ4n) is 3.01. The zero-order valence-corrected chi connectivity index (χ0v) is 12.6. The number of aromatic nitrogens is 2. The molecular formula is C16H29N3. The number of hydrogen-bond donors (Lipinski definition) is 1. The van der Waals surface area contributed by atoms with E-state index in [0.717, 1.165) is 32.0 Å². The van der Waals surface area contributed by atoms with Crippen molar-refractivity contribution >= 4 is 0 Å². The molecule has 1 N–H and O–H groups in total. The number of hydrogen-bond acceptors (Lipinski definition) is 2. The number of rotatable bonds is 7. The van der Waals surface area contributed by atoms with Crippen LogP contribution in [-0.4, -0.2) is 22.4 Å². The van der Waals surface area contributed by atoms with Crippen LogP contribution in [0.15, 0.2) is 6.07 Å². The minimum atomic E-state index is 0.781. The SMILES string of the molecule is CCc1cc(CC)n(CCCNC2CCCCC2)n1. The van der Waals surface area contributed by atoms with Crippen molar-refractivity contribution in [1.82, 2.24) is 15.1 Å². The van der Waals surface area contributed by atoms with Crippen LogP contribution < -0.4 is 5.32 Å². The summed E-state index contributed by atoms with van der Waals surface area (Å²) in [4.78, 5) is 0. The van der Waals surface area contributed by atoms with E-state index in [9.17, 15) is 0 Å². The van der Waals surface area contributed by atoms with E-state index in [1.54, 1.807) is 0 Å². The summed E-state index contributed by atoms with van der Waals surface area (Å²) in [7, 11) is 0. The second-order valence-corrected chi connectivity index (χ2v) is 5.70. The Morgan fingerprint density at radius 2 is 2.00 bits per heavy atom. The van der Waals surface area contributed by atoms with Gasteiger partial charge in [0.15, 0.2) is 0 Å². The summed E-state index contributed by atoms with van der Waals surface area (Å²) < 4.78 is 2.21. The maximum atomic E-state index is 4.67. The lowest BCUT2D eigenvalue weighted by Gasteiger charge is -2.22. The van der Waals surface area contributed by atoms with Crippen molar-refractivity contribution in [2.75, 3.05) is 6.54 Å². The third-order valence-electron chi connectivity index (χ3n) is 4.22. The second kappa shape index (κ2) is 7.68. The van der Waals surface area contributed by atoms with Gasteiger partial charge in [0, 0.05) is 18.3 Å². The van der Waals surface area contributed by atoms with Gasteiger partial charge in [-0.2, -0.15) is 5.10 Å². The van der Waals surface area contributed by atoms with Gasteiger partial charge < -0.3 is 5.32 Å². The van der Waals surface area contributed by atoms with Crippen LogP contribution in [0.25, 0.3) is 0 Å². The molecule has 0 spiro atoms. The minimum absolute atomic E-state index is 0.781. The van der Waals surface area contributed by atoms with Gasteiger partial charge in [0.2, 0.25) is 0 Å². The normalized spacial score (nSPS) is 16.9. The summed E-state index contributed by atoms with van der Waals surface area (Å²) in [5.74, 6) is 0. The molecule has 0 bridgehead atoms. The number of nitrogens with one attached hydrogen (secondary N) is 1. The van der Waals surface area contributed by atoms with Crippen molar-refractivity contribution in [2.24, 2.45) is 0 Å². The van der Waals surface area contributed by atoms with Gasteiger partial charge in [-0.1, -0.05) is 33.1 Å². The van der Waals surface area contributed by atoms with Crippen molar-refractivity contribution in [2.45, 2.75) is 77.8 Å². The van der Waals surface area contributed by atoms with Gasteiger partial charge in [-0.15, -0.1) is 0 Å². The molecule has 3 heteroatoms. The van der Waals surface area contributed by atoms with Crippen LogP contribution >= 0.6 is 0 Å². The Morgan fingerprint density at radius 3 is 2.68 bits per heavy atom. The lowest BCUT2D eigenvalue weighted by atomic mass is 9.95. The molecule has 1 aromatic rings. The van der Waals surface area contributed by atoms with E-state index < -0.39 is 0 Å². The smallest absolute Gasteiger partial charge is 0.0624 e. The molecule has 0 amide bonds. The Hall–Kier alpha value is -0.830. The maximum Gasteiger partial charge on any atom is 0.0624 e. The van der Waals surface area contributed by atoms with Crippen molar-refractivity contribution in [3.63, 3.8) is 0 Å². The molecule has 0 radical (unpaired) electrons. The van der Waals surface area contributed by atoms with Crippen LogP contribution in [-0.2, 0) is 19.4 Å². The van der Waals surface area contributed by atoms with Crippen LogP contribution in [0.2, 0.25) is 0 Å². The first-order chi connectivity index (χ1) is 9.33. The zero-order chi connectivity index (χ0) is 13.5. The molecular weight excluding hydrogens is 234 g/mol. The molecule has 1 fully saturated rings. The Labute approximate surface area is 117 Å². The fraction of sp³-hybridized carbons (Fsp3) is 0.812. The van der Waals surface area contributed by atoms with Crippen LogP contribution in [0.5, 0.6) is 0 Å². The summed E-state index contributed by atoms with van der Waals surface area (Å²) in [6.45, 7) is 6.59. The monoisotopic (exact) mass is 263 g/mol. The predicted octanol–water partition coefficient (Wildman–Crippen LogP) is 3.32. The zero-order valence-electron chi connectivity index (χ0n) is 12.6. The van der Waals surface area contributed by atoms with E-state index in [1.165, 1.54) is 49.9 Å². The molecule has 1 heterocycles. The van der Waals surface area contributed by atoms with Gasteiger partial charge >= 0.3 is 0 Å². The summed E-state index contributed by atoms with van der Waals surface area (Å²) in [6.07, 6.45) is 10.3. The highest BCUT2D eigenvalue weighted by molar-refractivity contribution is 5.10. The standard InChI is InChI=1S/C16H29N3/c1-3-14-13-16(4-2)19(18-14)12-8-11-17-15-9-6-5-7-10-15/h13,15,17H,3-12H2,1-2H3. The highest BCUT2D eigenvalue weighted by atomic mass is 15.3. The van der Waals surface area contributed by atoms with Gasteiger partial charge in [-0.3, -0.25) is 4.68 Å². The minimum Gasteiger partial charge on any atom is -0.314 e. The van der Waals surface area contributed by atoms with E-state index in [2.05, 4.69) is 35.0 Å². The lowest BCUT2D eigenvalue weighted by molar-refractivity contribution is 0.366. The molecule has 0 aromatic carbocycles. The van der Waals surface area contributed by atoms with E-state index in [-0.39, 0.29) is 0 Å². The van der Waals surface area contributed by atoms with E-state index in [4.69, 9.17) is 0 Å². The van der Waals surface area contributed by atoms with Gasteiger partial charge in [0.1, 0.15) is 0 Å². The molecule has 0 aliphatic heterocycles. The third kappa shape index (κ3) is 4.34. The Kier molecular flexibility index (Phi) is 5.90. The fourth-order valence-corrected chi connectivity index (χ4v) is 3.01. The van der Waals surface area contributed by atoms with Crippen LogP contribution in [0.1, 0.15) is 63.8 Å². The Morgan fingerprint density at radius 1 is 1.21 bits per heavy atom. The molecule has 0 saturated heterocycles. The molecule has 19 heavy (non-hydrogen) atoms. The van der Waals surface area contributed by atoms with E-state index in [0.29, 0.717) is 0 Å². The summed E-state index contributed by atoms with van der Waals surface area (Å²) in [5, 5.41) is 8.38. The first kappa shape index (κ1) is 14.6. The number of aryl methyl sites for hydroxylation is 3. The van der Waals surface area contributed by atoms with Crippen LogP contribution in [0, 0.1) is 0 Å². The highest BCUT2D eigenvalue weighted by Gasteiger charge is 2.12.